The third kappa shape index (κ3) is 2.23. The van der Waals surface area contributed by atoms with Gasteiger partial charge in [0.1, 0.15) is 18.0 Å². The molecule has 3 rings (SSSR count). The van der Waals surface area contributed by atoms with E-state index in [-0.39, 0.29) is 12.5 Å². The van der Waals surface area contributed by atoms with Crippen molar-refractivity contribution in [2.24, 2.45) is 0 Å². The predicted molar refractivity (Wildman–Crippen MR) is 78.1 cm³/mol. The van der Waals surface area contributed by atoms with Gasteiger partial charge >= 0.3 is 0 Å². The van der Waals surface area contributed by atoms with Gasteiger partial charge < -0.3 is 9.64 Å². The molecule has 0 bridgehead atoms. The Morgan fingerprint density at radius 1 is 1.14 bits per heavy atom. The van der Waals surface area contributed by atoms with E-state index in [1.54, 1.807) is 7.05 Å². The number of ether oxygens (including phenoxy) is 1. The Morgan fingerprint density at radius 3 is 2.19 bits per heavy atom. The molecule has 2 aromatic rings. The van der Waals surface area contributed by atoms with Gasteiger partial charge in [-0.2, -0.15) is 5.26 Å². The highest BCUT2D eigenvalue weighted by Gasteiger charge is 2.33. The number of nitriles is 1. The molecule has 0 N–H and O–H groups in total. The summed E-state index contributed by atoms with van der Waals surface area (Å²) in [7, 11) is 1.65. The number of para-hydroxylation sites is 2. The quantitative estimate of drug-likeness (QED) is 0.794. The SMILES string of the molecule is CN(CC#N)C(=O)C1c2ccccc2Oc2ccccc21. The van der Waals surface area contributed by atoms with Crippen LogP contribution in [0.5, 0.6) is 11.5 Å². The van der Waals surface area contributed by atoms with E-state index in [4.69, 9.17) is 10.00 Å². The molecule has 1 amide bonds. The first-order valence-electron chi connectivity index (χ1n) is 6.70. The van der Waals surface area contributed by atoms with Crippen molar-refractivity contribution >= 4 is 5.91 Å². The number of fused-ring (bicyclic) bond motifs is 2. The van der Waals surface area contributed by atoms with Crippen LogP contribution in [0.3, 0.4) is 0 Å². The average Bonchev–Trinajstić information content (AvgIpc) is 2.52. The van der Waals surface area contributed by atoms with Gasteiger partial charge in [-0.3, -0.25) is 4.79 Å². The molecule has 21 heavy (non-hydrogen) atoms. The molecule has 0 unspecified atom stereocenters. The number of benzene rings is 2. The summed E-state index contributed by atoms with van der Waals surface area (Å²) in [5.74, 6) is 0.865. The maximum atomic E-state index is 12.7. The van der Waals surface area contributed by atoms with Crippen LogP contribution >= 0.6 is 0 Å². The molecule has 4 heteroatoms. The minimum atomic E-state index is -0.426. The van der Waals surface area contributed by atoms with Gasteiger partial charge in [-0.25, -0.2) is 0 Å². The fourth-order valence-electron chi connectivity index (χ4n) is 2.58. The Bertz CT molecular complexity index is 688. The summed E-state index contributed by atoms with van der Waals surface area (Å²) in [6, 6.07) is 17.1. The standard InChI is InChI=1S/C17H14N2O2/c1-19(11-10-18)17(20)16-12-6-2-4-8-14(12)21-15-9-5-3-7-13(15)16/h2-9,16H,11H2,1H3. The molecule has 0 fully saturated rings. The lowest BCUT2D eigenvalue weighted by Crippen LogP contribution is -2.33. The number of carbonyl (C=O) groups excluding carboxylic acids is 1. The third-order valence-electron chi connectivity index (χ3n) is 3.61. The second-order valence-corrected chi connectivity index (χ2v) is 4.96. The van der Waals surface area contributed by atoms with Crippen molar-refractivity contribution in [3.8, 4) is 17.6 Å². The first-order valence-corrected chi connectivity index (χ1v) is 6.70. The Morgan fingerprint density at radius 2 is 1.67 bits per heavy atom. The van der Waals surface area contributed by atoms with Gasteiger partial charge in [0.05, 0.1) is 12.0 Å². The van der Waals surface area contributed by atoms with Crippen LogP contribution in [0.25, 0.3) is 0 Å². The summed E-state index contributed by atoms with van der Waals surface area (Å²) >= 11 is 0. The summed E-state index contributed by atoms with van der Waals surface area (Å²) in [4.78, 5) is 14.2. The van der Waals surface area contributed by atoms with Crippen LogP contribution in [-0.2, 0) is 4.79 Å². The van der Waals surface area contributed by atoms with Crippen LogP contribution < -0.4 is 4.74 Å². The number of carbonyl (C=O) groups is 1. The van der Waals surface area contributed by atoms with E-state index in [1.165, 1.54) is 4.90 Å². The Hall–Kier alpha value is -2.80. The zero-order valence-corrected chi connectivity index (χ0v) is 11.6. The molecule has 0 aliphatic carbocycles. The zero-order valence-electron chi connectivity index (χ0n) is 11.6. The first kappa shape index (κ1) is 13.2. The van der Waals surface area contributed by atoms with E-state index in [2.05, 4.69) is 0 Å². The highest BCUT2D eigenvalue weighted by atomic mass is 16.5. The smallest absolute Gasteiger partial charge is 0.235 e. The van der Waals surface area contributed by atoms with Crippen LogP contribution in [0.15, 0.2) is 48.5 Å². The molecule has 1 aliphatic heterocycles. The van der Waals surface area contributed by atoms with Gasteiger partial charge in [0.25, 0.3) is 0 Å². The molecule has 0 aromatic heterocycles. The van der Waals surface area contributed by atoms with Gasteiger partial charge in [-0.15, -0.1) is 0 Å². The first-order chi connectivity index (χ1) is 10.2. The highest BCUT2D eigenvalue weighted by Crippen LogP contribution is 2.44. The molecule has 2 aromatic carbocycles. The highest BCUT2D eigenvalue weighted by molar-refractivity contribution is 5.89. The Labute approximate surface area is 123 Å². The molecule has 0 saturated heterocycles. The van der Waals surface area contributed by atoms with Crippen LogP contribution in [0.2, 0.25) is 0 Å². The minimum Gasteiger partial charge on any atom is -0.457 e. The lowest BCUT2D eigenvalue weighted by Gasteiger charge is -2.29. The van der Waals surface area contributed by atoms with Crippen molar-refractivity contribution in [3.63, 3.8) is 0 Å². The molecular weight excluding hydrogens is 264 g/mol. The van der Waals surface area contributed by atoms with Gasteiger partial charge in [-0.1, -0.05) is 36.4 Å². The lowest BCUT2D eigenvalue weighted by atomic mass is 9.87. The molecular formula is C17H14N2O2. The van der Waals surface area contributed by atoms with Crippen molar-refractivity contribution in [2.75, 3.05) is 13.6 Å². The van der Waals surface area contributed by atoms with Gasteiger partial charge in [0.15, 0.2) is 0 Å². The average molecular weight is 278 g/mol. The Balaban J connectivity index is 2.11. The normalized spacial score (nSPS) is 12.6. The summed E-state index contributed by atoms with van der Waals surface area (Å²) in [6.07, 6.45) is 0. The van der Waals surface area contributed by atoms with E-state index >= 15 is 0 Å². The summed E-state index contributed by atoms with van der Waals surface area (Å²) in [5.41, 5.74) is 1.68. The number of likely N-dealkylation sites (N-methyl/N-ethyl adjacent to an activating group) is 1. The van der Waals surface area contributed by atoms with Gasteiger partial charge in [0.2, 0.25) is 5.91 Å². The summed E-state index contributed by atoms with van der Waals surface area (Å²) < 4.78 is 5.86. The number of nitrogens with zero attached hydrogens (tertiary/aromatic N) is 2. The van der Waals surface area contributed by atoms with Crippen molar-refractivity contribution in [3.05, 3.63) is 59.7 Å². The Kier molecular flexibility index (Phi) is 3.33. The molecule has 1 aliphatic rings. The second-order valence-electron chi connectivity index (χ2n) is 4.96. The molecule has 0 radical (unpaired) electrons. The van der Waals surface area contributed by atoms with E-state index in [1.807, 2.05) is 54.6 Å². The molecule has 0 spiro atoms. The zero-order chi connectivity index (χ0) is 14.8. The second kappa shape index (κ2) is 5.29. The topological polar surface area (TPSA) is 53.3 Å². The monoisotopic (exact) mass is 278 g/mol. The van der Waals surface area contributed by atoms with Crippen molar-refractivity contribution < 1.29 is 9.53 Å². The van der Waals surface area contributed by atoms with Crippen LogP contribution in [-0.4, -0.2) is 24.4 Å². The van der Waals surface area contributed by atoms with Gasteiger partial charge in [-0.05, 0) is 12.1 Å². The summed E-state index contributed by atoms with van der Waals surface area (Å²) in [5, 5.41) is 8.81. The number of hydrogen-bond donors (Lipinski definition) is 0. The van der Waals surface area contributed by atoms with Gasteiger partial charge in [0, 0.05) is 18.2 Å². The van der Waals surface area contributed by atoms with Crippen LogP contribution in [0.4, 0.5) is 0 Å². The summed E-state index contributed by atoms with van der Waals surface area (Å²) in [6.45, 7) is 0.0700. The van der Waals surface area contributed by atoms with Crippen LogP contribution in [0.1, 0.15) is 17.0 Å². The largest absolute Gasteiger partial charge is 0.457 e. The van der Waals surface area contributed by atoms with Crippen molar-refractivity contribution in [2.45, 2.75) is 5.92 Å². The van der Waals surface area contributed by atoms with Crippen molar-refractivity contribution in [1.29, 1.82) is 5.26 Å². The number of amides is 1. The van der Waals surface area contributed by atoms with Crippen molar-refractivity contribution in [1.82, 2.24) is 4.90 Å². The molecule has 0 atom stereocenters. The third-order valence-corrected chi connectivity index (χ3v) is 3.61. The van der Waals surface area contributed by atoms with Crippen LogP contribution in [0, 0.1) is 11.3 Å². The predicted octanol–water partition coefficient (Wildman–Crippen LogP) is 2.91. The maximum absolute atomic E-state index is 12.7. The minimum absolute atomic E-state index is 0.0700. The lowest BCUT2D eigenvalue weighted by molar-refractivity contribution is -0.130. The number of rotatable bonds is 2. The van der Waals surface area contributed by atoms with E-state index in [0.717, 1.165) is 11.1 Å². The molecule has 1 heterocycles. The molecule has 0 saturated carbocycles. The molecule has 104 valence electrons. The fourth-order valence-corrected chi connectivity index (χ4v) is 2.58. The number of hydrogen-bond acceptors (Lipinski definition) is 3. The van der Waals surface area contributed by atoms with E-state index < -0.39 is 5.92 Å². The van der Waals surface area contributed by atoms with E-state index in [0.29, 0.717) is 11.5 Å². The van der Waals surface area contributed by atoms with E-state index in [9.17, 15) is 4.79 Å². The fraction of sp³-hybridized carbons (Fsp3) is 0.176. The maximum Gasteiger partial charge on any atom is 0.235 e. The molecule has 4 nitrogen and oxygen atoms in total.